The summed E-state index contributed by atoms with van der Waals surface area (Å²) >= 11 is 37.1. The Kier molecular flexibility index (Phi) is 59.7. The Labute approximate surface area is 697 Å². The zero-order valence-electron chi connectivity index (χ0n) is 54.3. The molecule has 0 aliphatic carbocycles. The van der Waals surface area contributed by atoms with Crippen molar-refractivity contribution < 1.29 is 40.3 Å². The van der Waals surface area contributed by atoms with Crippen LogP contribution in [0.5, 0.6) is 0 Å². The fourth-order valence-corrected chi connectivity index (χ4v) is 7.69. The van der Waals surface area contributed by atoms with Crippen molar-refractivity contribution >= 4 is 313 Å². The summed E-state index contributed by atoms with van der Waals surface area (Å²) in [5.74, 6) is 2.60. The molecule has 0 saturated heterocycles. The molecule has 0 fully saturated rings. The van der Waals surface area contributed by atoms with E-state index in [1.807, 2.05) is 53.7 Å². The maximum atomic E-state index is 10.6. The van der Waals surface area contributed by atoms with Gasteiger partial charge in [-0.05, 0) is 131 Å². The van der Waals surface area contributed by atoms with E-state index in [1.165, 1.54) is 83.4 Å². The van der Waals surface area contributed by atoms with Gasteiger partial charge in [0.2, 0.25) is 24.3 Å². The van der Waals surface area contributed by atoms with E-state index in [0.29, 0.717) is 66.7 Å². The standard InChI is InChI=1S/C9H9BrN4O2.C9H8N4O2.C9H10N4.C7H3BrCl2N2O2.C7H5BrN2O3.2C3H7I.C3H8.C2H8N2.2C2H5.5HI.2V.H2/c1-13-5-11-9(13)12-8-4-6(14(15)16)2-3-7(8)10;1-11-5-12-8-3-2-6(13(14)15)4-7(8)10-9(11)12;1-12-5-13-8-3-2-6(10)4-7(8)11-9(12)13;8-5-2-1-4(12(13)14)3-6(5)11-7(9)10;8-6-2-1-5(10(12)13)3-7(6)9-4-11;1-3(2)4;1-2-3-4;1-3-2;1-4-2-3;2*1-2;;;;;;;;/h2-4H,5H2,1H3,(H,11,12);2-4H,5H2,1H3;2-4H,5,10H2,1H3;1-3H;1-4H,(H,9,11);3H,1-2H3;2-3H2,1H3;3H2,1-2H3;4H,2-3H2,1H3;2*1H2,2H3;5*1H;;;1H/q;;;;;;;;;2*-1;;;;;;+2;+3;/p-5. The first-order valence-corrected chi connectivity index (χ1v) is 56.1. The zero-order chi connectivity index (χ0) is 75.2. The van der Waals surface area contributed by atoms with Crippen molar-refractivity contribution in [1.29, 1.82) is 0 Å². The molecule has 0 radical (unpaired) electrons. The predicted molar refractivity (Wildman–Crippen MR) is 469 cm³/mol. The van der Waals surface area contributed by atoms with E-state index in [-0.39, 0.29) is 33.7 Å². The first-order valence-electron chi connectivity index (χ1n) is 27.7. The van der Waals surface area contributed by atoms with Gasteiger partial charge in [0, 0.05) is 101 Å². The number of alkyl halides is 2. The summed E-state index contributed by atoms with van der Waals surface area (Å²) in [5, 5.41) is 50.0. The summed E-state index contributed by atoms with van der Waals surface area (Å²) in [7, 11) is 8.29. The fourth-order valence-electron chi connectivity index (χ4n) is 6.46. The minimum absolute atomic E-state index is 0. The van der Waals surface area contributed by atoms with Gasteiger partial charge >= 0.3 is 114 Å². The van der Waals surface area contributed by atoms with Crippen molar-refractivity contribution in [2.45, 2.75) is 78.6 Å². The van der Waals surface area contributed by atoms with E-state index in [4.69, 9.17) is 34.7 Å². The van der Waals surface area contributed by atoms with Gasteiger partial charge in [0.1, 0.15) is 20.0 Å². The molecule has 0 spiro atoms. The molecule has 0 unspecified atom stereocenters. The second-order valence-corrected chi connectivity index (χ2v) is 72.3. The number of benzene rings is 5. The molecule has 5 heterocycles. The van der Waals surface area contributed by atoms with Crippen molar-refractivity contribution in [1.82, 2.24) is 29.3 Å². The number of amides is 1. The fraction of sp³-hybridized carbons (Fsp3) is 0.339. The molecular formula is C56H77Br3Cl2I7N18O9V2-2. The van der Waals surface area contributed by atoms with Crippen LogP contribution in [0.25, 0.3) is 22.1 Å². The van der Waals surface area contributed by atoms with Gasteiger partial charge in [-0.1, -0.05) is 86.2 Å². The number of aromatic nitrogens is 4. The summed E-state index contributed by atoms with van der Waals surface area (Å²) in [5.41, 5.74) is 16.5. The first kappa shape index (κ1) is 99.8. The van der Waals surface area contributed by atoms with Gasteiger partial charge in [-0.2, -0.15) is 13.8 Å². The molecule has 5 aromatic carbocycles. The van der Waals surface area contributed by atoms with Gasteiger partial charge in [-0.25, -0.2) is 20.0 Å². The molecule has 97 heavy (non-hydrogen) atoms. The Morgan fingerprint density at radius 1 is 0.722 bits per heavy atom. The zero-order valence-corrected chi connectivity index (χ0v) is 78.4. The van der Waals surface area contributed by atoms with Crippen LogP contribution in [-0.4, -0.2) is 111 Å². The first-order chi connectivity index (χ1) is 45.8. The third-order valence-corrected chi connectivity index (χ3v) is 13.7. The molecule has 1 amide bonds. The van der Waals surface area contributed by atoms with Crippen LogP contribution in [0.1, 0.15) is 62.7 Å². The SMILES string of the molecule is CC(C)I.CCC.CCCI.CN1CN=C1Nc1cc([N+](=O)[O-])ccc1Br.CN1Cn2c1nc1cc(N)ccc12.CN1Cn2c1nc1cc([N+](=O)[O-])ccc12.CNCN.O=CNc1cc([N+](=O)[O-])ccc1Br.O=[N+]([O-])c1ccc(Br)c(N=C(Cl)Cl)c1.[CH2-]C.[CH2-]C.[HH].[I][V]([I])[I].[I][V][I]. The van der Waals surface area contributed by atoms with Gasteiger partial charge in [0.05, 0.1) is 58.8 Å². The molecule has 541 valence electrons. The summed E-state index contributed by atoms with van der Waals surface area (Å²) in [4.78, 5) is 72.5. The number of nitrogens with two attached hydrogens (primary N) is 2. The number of carbonyl (C=O) groups is 1. The molecule has 7 aromatic rings. The molecule has 3 aliphatic rings. The number of nitrogen functional groups attached to an aromatic ring is 1. The van der Waals surface area contributed by atoms with E-state index in [9.17, 15) is 45.3 Å². The van der Waals surface area contributed by atoms with Crippen molar-refractivity contribution in [3.05, 3.63) is 159 Å². The Morgan fingerprint density at radius 3 is 1.41 bits per heavy atom. The molecule has 10 rings (SSSR count). The van der Waals surface area contributed by atoms with Crippen LogP contribution >= 0.6 is 216 Å². The Hall–Kier alpha value is -1.33. The third kappa shape index (κ3) is 40.5. The number of nitrogens with zero attached hydrogens (tertiary/aromatic N) is 13. The average molecular weight is 2450 g/mol. The molecule has 0 atom stereocenters. The minimum atomic E-state index is -0.525. The summed E-state index contributed by atoms with van der Waals surface area (Å²) < 4.78 is 8.04. The number of nitro benzene ring substituents is 4. The number of halogens is 12. The number of nitrogens with one attached hydrogen (secondary N) is 3. The van der Waals surface area contributed by atoms with Crippen LogP contribution < -0.4 is 37.2 Å². The molecule has 7 N–H and O–H groups in total. The van der Waals surface area contributed by atoms with Gasteiger partial charge < -0.3 is 56.0 Å². The van der Waals surface area contributed by atoms with E-state index >= 15 is 0 Å². The monoisotopic (exact) mass is 2440 g/mol. The Bertz CT molecular complexity index is 3570. The summed E-state index contributed by atoms with van der Waals surface area (Å²) in [6.07, 6.45) is 3.02. The van der Waals surface area contributed by atoms with Crippen LogP contribution in [0.2, 0.25) is 0 Å². The number of anilines is 5. The molecule has 41 heteroatoms. The quantitative estimate of drug-likeness (QED) is 0.00977. The Balaban J connectivity index is -0.000000516. The average Bonchev–Trinajstić information content (AvgIpc) is 1.61. The molecule has 0 bridgehead atoms. The second-order valence-electron chi connectivity index (χ2n) is 18.1. The Morgan fingerprint density at radius 2 is 1.07 bits per heavy atom. The van der Waals surface area contributed by atoms with Crippen molar-refractivity contribution in [2.24, 2.45) is 15.7 Å². The normalized spacial score (nSPS) is 10.8. The van der Waals surface area contributed by atoms with E-state index in [2.05, 4.69) is 287 Å². The number of nitro groups is 4. The van der Waals surface area contributed by atoms with Gasteiger partial charge in [0.15, 0.2) is 4.63 Å². The number of hydrogen-bond acceptors (Lipinski definition) is 20. The van der Waals surface area contributed by atoms with E-state index < -0.39 is 19.7 Å². The number of hydrogen-bond donors (Lipinski definition) is 5. The number of guanidine groups is 1. The number of rotatable bonds is 10. The predicted octanol–water partition coefficient (Wildman–Crippen LogP) is 20.7. The van der Waals surface area contributed by atoms with Crippen LogP contribution in [0.15, 0.2) is 114 Å². The molecule has 3 aliphatic heterocycles. The van der Waals surface area contributed by atoms with Gasteiger partial charge in [0.25, 0.3) is 22.7 Å². The van der Waals surface area contributed by atoms with Gasteiger partial charge in [-0.3, -0.25) is 54.4 Å². The van der Waals surface area contributed by atoms with Crippen molar-refractivity contribution in [3.8, 4) is 0 Å². The molecular weight excluding hydrogens is 2370 g/mol. The molecule has 0 saturated carbocycles. The summed E-state index contributed by atoms with van der Waals surface area (Å²) in [6.45, 7) is 23.7. The number of imidazole rings is 2. The van der Waals surface area contributed by atoms with Crippen molar-refractivity contribution in [2.75, 3.05) is 72.1 Å². The second kappa shape index (κ2) is 58.0. The number of aliphatic imine (C=N–C) groups is 2. The maximum absolute atomic E-state index is 10.6. The van der Waals surface area contributed by atoms with Crippen LogP contribution in [0.4, 0.5) is 57.4 Å². The number of carbonyl (C=O) groups excluding carboxylic acids is 1. The van der Waals surface area contributed by atoms with Crippen LogP contribution in [0.3, 0.4) is 0 Å². The van der Waals surface area contributed by atoms with Crippen LogP contribution in [0, 0.1) is 54.3 Å². The number of fused-ring (bicyclic) bond motifs is 6. The number of non-ortho nitro benzene ring substituents is 4. The molecule has 27 nitrogen and oxygen atoms in total. The third-order valence-electron chi connectivity index (χ3n) is 10.4. The summed E-state index contributed by atoms with van der Waals surface area (Å²) in [6, 6.07) is 23.4. The topological polar surface area (TPSA) is 348 Å². The van der Waals surface area contributed by atoms with Crippen LogP contribution in [-0.2, 0) is 32.5 Å². The molecule has 2 aromatic heterocycles. The van der Waals surface area contributed by atoms with Crippen molar-refractivity contribution in [3.63, 3.8) is 0 Å². The van der Waals surface area contributed by atoms with E-state index in [1.54, 1.807) is 33.0 Å². The van der Waals surface area contributed by atoms with E-state index in [0.717, 1.165) is 50.4 Å². The van der Waals surface area contributed by atoms with Gasteiger partial charge in [-0.15, -0.1) is 0 Å².